The number of benzene rings is 2. The van der Waals surface area contributed by atoms with Crippen molar-refractivity contribution in [1.82, 2.24) is 9.55 Å². The first kappa shape index (κ1) is 23.8. The molecule has 0 saturated heterocycles. The van der Waals surface area contributed by atoms with E-state index in [4.69, 9.17) is 9.72 Å². The molecule has 1 aliphatic carbocycles. The summed E-state index contributed by atoms with van der Waals surface area (Å²) in [6.07, 6.45) is 4.29. The molecule has 0 N–H and O–H groups in total. The predicted molar refractivity (Wildman–Crippen MR) is 143 cm³/mol. The molecule has 180 valence electrons. The van der Waals surface area contributed by atoms with E-state index in [1.807, 2.05) is 54.0 Å². The predicted octanol–water partition coefficient (Wildman–Crippen LogP) is 6.28. The first-order valence-electron chi connectivity index (χ1n) is 12.0. The number of fused-ring (bicyclic) bond motifs is 3. The van der Waals surface area contributed by atoms with Crippen molar-refractivity contribution >= 4 is 39.1 Å². The molecule has 0 fully saturated rings. The van der Waals surface area contributed by atoms with Crippen LogP contribution in [0.3, 0.4) is 0 Å². The van der Waals surface area contributed by atoms with Crippen LogP contribution in [-0.2, 0) is 25.1 Å². The van der Waals surface area contributed by atoms with Gasteiger partial charge in [-0.15, -0.1) is 11.3 Å². The van der Waals surface area contributed by atoms with Crippen molar-refractivity contribution in [2.45, 2.75) is 57.0 Å². The maximum atomic E-state index is 13.9. The van der Waals surface area contributed by atoms with E-state index in [1.54, 1.807) is 24.3 Å². The van der Waals surface area contributed by atoms with Crippen molar-refractivity contribution in [1.29, 1.82) is 0 Å². The van der Waals surface area contributed by atoms with Gasteiger partial charge in [-0.3, -0.25) is 14.2 Å². The molecule has 5 nitrogen and oxygen atoms in total. The molecule has 0 bridgehead atoms. The molecule has 1 aliphatic rings. The van der Waals surface area contributed by atoms with E-state index in [1.165, 1.54) is 28.6 Å². The summed E-state index contributed by atoms with van der Waals surface area (Å²) in [5.41, 5.74) is 3.90. The summed E-state index contributed by atoms with van der Waals surface area (Å²) < 4.78 is 7.64. The van der Waals surface area contributed by atoms with Gasteiger partial charge in [0.2, 0.25) is 0 Å². The van der Waals surface area contributed by atoms with Gasteiger partial charge in [0.25, 0.3) is 5.56 Å². The zero-order valence-corrected chi connectivity index (χ0v) is 21.6. The van der Waals surface area contributed by atoms with Crippen molar-refractivity contribution in [2.75, 3.05) is 6.61 Å². The number of hydrogen-bond acceptors (Lipinski definition) is 6. The SMILES string of the molecule is CCOc1ccc(C(C)=O)cc1CSc1nc2sc3c(c2c(=O)n1Cc1ccccc1)CCCC3. The van der Waals surface area contributed by atoms with E-state index in [0.717, 1.165) is 46.4 Å². The fourth-order valence-corrected chi connectivity index (χ4v) is 6.86. The summed E-state index contributed by atoms with van der Waals surface area (Å²) in [5, 5.41) is 1.50. The van der Waals surface area contributed by atoms with Gasteiger partial charge in [-0.25, -0.2) is 4.98 Å². The van der Waals surface area contributed by atoms with Crippen molar-refractivity contribution in [3.05, 3.63) is 86.0 Å². The molecule has 2 aromatic heterocycles. The second-order valence-electron chi connectivity index (χ2n) is 8.76. The second-order valence-corrected chi connectivity index (χ2v) is 10.8. The van der Waals surface area contributed by atoms with Gasteiger partial charge in [0.15, 0.2) is 10.9 Å². The first-order valence-corrected chi connectivity index (χ1v) is 13.8. The lowest BCUT2D eigenvalue weighted by Crippen LogP contribution is -2.24. The highest BCUT2D eigenvalue weighted by molar-refractivity contribution is 7.98. The highest BCUT2D eigenvalue weighted by Gasteiger charge is 2.22. The Morgan fingerprint density at radius 2 is 1.94 bits per heavy atom. The molecule has 2 heterocycles. The lowest BCUT2D eigenvalue weighted by Gasteiger charge is -2.15. The lowest BCUT2D eigenvalue weighted by atomic mass is 9.97. The third kappa shape index (κ3) is 4.93. The van der Waals surface area contributed by atoms with Crippen LogP contribution in [0.5, 0.6) is 5.75 Å². The molecule has 5 rings (SSSR count). The monoisotopic (exact) mass is 504 g/mol. The number of thioether (sulfide) groups is 1. The van der Waals surface area contributed by atoms with Crippen LogP contribution in [0.1, 0.15) is 58.6 Å². The molecular formula is C28H28N2O3S2. The molecule has 2 aromatic carbocycles. The zero-order valence-electron chi connectivity index (χ0n) is 20.0. The maximum absolute atomic E-state index is 13.9. The van der Waals surface area contributed by atoms with E-state index < -0.39 is 0 Å². The summed E-state index contributed by atoms with van der Waals surface area (Å²) in [6, 6.07) is 15.6. The number of Topliss-reactive ketones (excluding diaryl/α,β-unsaturated/α-hetero) is 1. The van der Waals surface area contributed by atoms with Crippen LogP contribution in [0.4, 0.5) is 0 Å². The average molecular weight is 505 g/mol. The van der Waals surface area contributed by atoms with Gasteiger partial charge < -0.3 is 4.74 Å². The van der Waals surface area contributed by atoms with Gasteiger partial charge in [-0.2, -0.15) is 0 Å². The Kier molecular flexibility index (Phi) is 7.07. The Morgan fingerprint density at radius 3 is 2.71 bits per heavy atom. The number of aryl methyl sites for hydroxylation is 2. The number of rotatable bonds is 8. The molecule has 0 unspecified atom stereocenters. The van der Waals surface area contributed by atoms with Crippen LogP contribution in [0, 0.1) is 0 Å². The van der Waals surface area contributed by atoms with Crippen molar-refractivity contribution in [3.63, 3.8) is 0 Å². The highest BCUT2D eigenvalue weighted by Crippen LogP contribution is 2.36. The van der Waals surface area contributed by atoms with Gasteiger partial charge >= 0.3 is 0 Å². The minimum atomic E-state index is 0.0176. The fourth-order valence-electron chi connectivity index (χ4n) is 4.59. The summed E-state index contributed by atoms with van der Waals surface area (Å²) in [6.45, 7) is 4.53. The number of ketones is 1. The van der Waals surface area contributed by atoms with E-state index in [2.05, 4.69) is 0 Å². The van der Waals surface area contributed by atoms with E-state index in [0.29, 0.717) is 29.6 Å². The molecule has 0 radical (unpaired) electrons. The van der Waals surface area contributed by atoms with Gasteiger partial charge in [0.05, 0.1) is 18.5 Å². The smallest absolute Gasteiger partial charge is 0.263 e. The van der Waals surface area contributed by atoms with Crippen LogP contribution in [0.25, 0.3) is 10.2 Å². The number of ether oxygens (including phenoxy) is 1. The topological polar surface area (TPSA) is 61.2 Å². The minimum absolute atomic E-state index is 0.0176. The third-order valence-corrected chi connectivity index (χ3v) is 8.56. The van der Waals surface area contributed by atoms with Crippen molar-refractivity contribution < 1.29 is 9.53 Å². The average Bonchev–Trinajstić information content (AvgIpc) is 3.24. The second kappa shape index (κ2) is 10.4. The Labute approximate surface area is 213 Å². The van der Waals surface area contributed by atoms with Crippen LogP contribution in [-0.4, -0.2) is 21.9 Å². The van der Waals surface area contributed by atoms with Gasteiger partial charge in [0, 0.05) is 21.8 Å². The van der Waals surface area contributed by atoms with Crippen molar-refractivity contribution in [3.8, 4) is 5.75 Å². The Bertz CT molecular complexity index is 1440. The number of carbonyl (C=O) groups is 1. The van der Waals surface area contributed by atoms with Crippen LogP contribution in [0.15, 0.2) is 58.5 Å². The zero-order chi connectivity index (χ0) is 24.4. The molecule has 0 atom stereocenters. The number of carbonyl (C=O) groups excluding carboxylic acids is 1. The molecule has 0 saturated carbocycles. The molecule has 0 aliphatic heterocycles. The minimum Gasteiger partial charge on any atom is -0.494 e. The van der Waals surface area contributed by atoms with Crippen LogP contribution in [0.2, 0.25) is 0 Å². The summed E-state index contributed by atoms with van der Waals surface area (Å²) in [5.74, 6) is 1.33. The highest BCUT2D eigenvalue weighted by atomic mass is 32.2. The standard InChI is InChI=1S/C28H28N2O3S2/c1-3-33-23-14-13-20(18(2)31)15-21(23)17-34-28-29-26-25(22-11-7-8-12-24(22)35-26)27(32)30(28)16-19-9-5-4-6-10-19/h4-6,9-10,13-15H,3,7-8,11-12,16-17H2,1-2H3. The molecule has 0 amide bonds. The third-order valence-electron chi connectivity index (χ3n) is 6.35. The van der Waals surface area contributed by atoms with Gasteiger partial charge in [-0.1, -0.05) is 42.1 Å². The maximum Gasteiger partial charge on any atom is 0.263 e. The Morgan fingerprint density at radius 1 is 1.14 bits per heavy atom. The number of nitrogens with zero attached hydrogens (tertiary/aromatic N) is 2. The van der Waals surface area contributed by atoms with E-state index >= 15 is 0 Å². The van der Waals surface area contributed by atoms with Crippen LogP contribution >= 0.6 is 23.1 Å². The Balaban J connectivity index is 1.57. The lowest BCUT2D eigenvalue weighted by molar-refractivity contribution is 0.101. The summed E-state index contributed by atoms with van der Waals surface area (Å²) >= 11 is 3.20. The molecule has 0 spiro atoms. The normalized spacial score (nSPS) is 13.1. The van der Waals surface area contributed by atoms with E-state index in [-0.39, 0.29) is 11.3 Å². The summed E-state index contributed by atoms with van der Waals surface area (Å²) in [7, 11) is 0. The summed E-state index contributed by atoms with van der Waals surface area (Å²) in [4.78, 5) is 33.0. The Hall–Kier alpha value is -2.90. The quantitative estimate of drug-likeness (QED) is 0.161. The molecular weight excluding hydrogens is 476 g/mol. The van der Waals surface area contributed by atoms with Gasteiger partial charge in [0.1, 0.15) is 10.6 Å². The number of hydrogen-bond donors (Lipinski definition) is 0. The van der Waals surface area contributed by atoms with Crippen LogP contribution < -0.4 is 10.3 Å². The van der Waals surface area contributed by atoms with E-state index in [9.17, 15) is 9.59 Å². The molecule has 7 heteroatoms. The first-order chi connectivity index (χ1) is 17.0. The molecule has 4 aromatic rings. The molecule has 35 heavy (non-hydrogen) atoms. The number of aromatic nitrogens is 2. The number of thiophene rings is 1. The largest absolute Gasteiger partial charge is 0.494 e. The van der Waals surface area contributed by atoms with Crippen molar-refractivity contribution in [2.24, 2.45) is 0 Å². The fraction of sp³-hybridized carbons (Fsp3) is 0.321. The van der Waals surface area contributed by atoms with Gasteiger partial charge in [-0.05, 0) is 68.9 Å².